The van der Waals surface area contributed by atoms with Gasteiger partial charge in [-0.15, -0.1) is 0 Å². The van der Waals surface area contributed by atoms with Crippen molar-refractivity contribution in [3.63, 3.8) is 0 Å². The van der Waals surface area contributed by atoms with Crippen LogP contribution in [0.3, 0.4) is 0 Å². The maximum atomic E-state index is 13.3. The Morgan fingerprint density at radius 3 is 2.47 bits per heavy atom. The van der Waals surface area contributed by atoms with E-state index in [-0.39, 0.29) is 6.54 Å². The predicted molar refractivity (Wildman–Crippen MR) is 106 cm³/mol. The zero-order valence-electron chi connectivity index (χ0n) is 16.1. The molecule has 1 heterocycles. The molecule has 1 saturated heterocycles. The van der Waals surface area contributed by atoms with Crippen LogP contribution >= 0.6 is 11.6 Å². The van der Waals surface area contributed by atoms with E-state index < -0.39 is 32.1 Å². The highest BCUT2D eigenvalue weighted by Crippen LogP contribution is 2.41. The molecule has 3 rings (SSSR count). The highest BCUT2D eigenvalue weighted by atomic mass is 35.5. The summed E-state index contributed by atoms with van der Waals surface area (Å²) in [5.74, 6) is 0.524. The van der Waals surface area contributed by atoms with Crippen LogP contribution in [0.1, 0.15) is 24.0 Å². The van der Waals surface area contributed by atoms with E-state index in [0.29, 0.717) is 42.4 Å². The largest absolute Gasteiger partial charge is 0.496 e. The van der Waals surface area contributed by atoms with Gasteiger partial charge in [0, 0.05) is 35.8 Å². The van der Waals surface area contributed by atoms with Crippen molar-refractivity contribution in [1.29, 1.82) is 0 Å². The Hall–Kier alpha value is -1.81. The zero-order valence-corrected chi connectivity index (χ0v) is 17.7. The third-order valence-electron chi connectivity index (χ3n) is 5.27. The number of benzene rings is 2. The van der Waals surface area contributed by atoms with Crippen molar-refractivity contribution in [3.8, 4) is 5.75 Å². The number of sulfonamides is 1. The van der Waals surface area contributed by atoms with Crippen LogP contribution in [-0.4, -0.2) is 35.3 Å². The molecule has 164 valence electrons. The van der Waals surface area contributed by atoms with Gasteiger partial charge >= 0.3 is 6.18 Å². The van der Waals surface area contributed by atoms with Crippen LogP contribution < -0.4 is 9.46 Å². The quantitative estimate of drug-likeness (QED) is 0.690. The topological polar surface area (TPSA) is 64.6 Å². The molecular formula is C20H21ClF3NO4S. The molecule has 10 heteroatoms. The number of methoxy groups -OCH3 is 1. The van der Waals surface area contributed by atoms with Crippen LogP contribution in [0.2, 0.25) is 5.02 Å². The fourth-order valence-corrected chi connectivity index (χ4v) is 5.17. The molecular weight excluding hydrogens is 443 g/mol. The molecule has 30 heavy (non-hydrogen) atoms. The van der Waals surface area contributed by atoms with Gasteiger partial charge in [-0.1, -0.05) is 23.7 Å². The van der Waals surface area contributed by atoms with E-state index in [9.17, 15) is 21.6 Å². The van der Waals surface area contributed by atoms with Crippen LogP contribution in [-0.2, 0) is 26.4 Å². The molecule has 2 aromatic rings. The van der Waals surface area contributed by atoms with E-state index in [1.54, 1.807) is 18.2 Å². The Morgan fingerprint density at radius 1 is 1.17 bits per heavy atom. The molecule has 1 N–H and O–H groups in total. The van der Waals surface area contributed by atoms with Gasteiger partial charge in [0.2, 0.25) is 10.0 Å². The Kier molecular flexibility index (Phi) is 6.66. The molecule has 0 atom stereocenters. The van der Waals surface area contributed by atoms with Gasteiger partial charge in [-0.2, -0.15) is 13.2 Å². The van der Waals surface area contributed by atoms with Crippen molar-refractivity contribution in [3.05, 3.63) is 58.6 Å². The van der Waals surface area contributed by atoms with Gasteiger partial charge in [-0.3, -0.25) is 0 Å². The zero-order chi connectivity index (χ0) is 22.0. The summed E-state index contributed by atoms with van der Waals surface area (Å²) in [7, 11) is -2.94. The average Bonchev–Trinajstić information content (AvgIpc) is 2.72. The first-order valence-corrected chi connectivity index (χ1v) is 11.0. The molecule has 0 bridgehead atoms. The van der Waals surface area contributed by atoms with Crippen molar-refractivity contribution < 1.29 is 31.1 Å². The lowest BCUT2D eigenvalue weighted by Gasteiger charge is -2.38. The van der Waals surface area contributed by atoms with E-state index in [4.69, 9.17) is 21.1 Å². The number of alkyl halides is 3. The molecule has 1 fully saturated rings. The maximum Gasteiger partial charge on any atom is 0.417 e. The van der Waals surface area contributed by atoms with Gasteiger partial charge < -0.3 is 9.47 Å². The summed E-state index contributed by atoms with van der Waals surface area (Å²) in [6.45, 7) is 0.620. The third-order valence-corrected chi connectivity index (χ3v) is 6.96. The molecule has 0 aromatic heterocycles. The van der Waals surface area contributed by atoms with Crippen molar-refractivity contribution in [1.82, 2.24) is 4.72 Å². The summed E-state index contributed by atoms with van der Waals surface area (Å²) in [6.07, 6.45) is -3.89. The van der Waals surface area contributed by atoms with Gasteiger partial charge in [0.15, 0.2) is 0 Å². The van der Waals surface area contributed by atoms with Gasteiger partial charge in [0.05, 0.1) is 17.6 Å². The molecule has 0 spiro atoms. The number of halogens is 4. The molecule has 1 aliphatic heterocycles. The predicted octanol–water partition coefficient (Wildman–Crippen LogP) is 4.39. The number of ether oxygens (including phenoxy) is 2. The van der Waals surface area contributed by atoms with Crippen molar-refractivity contribution in [2.45, 2.75) is 29.3 Å². The number of hydrogen-bond donors (Lipinski definition) is 1. The molecule has 0 radical (unpaired) electrons. The first-order chi connectivity index (χ1) is 14.1. The fraction of sp³-hybridized carbons (Fsp3) is 0.400. The second-order valence-electron chi connectivity index (χ2n) is 7.06. The molecule has 2 aromatic carbocycles. The minimum Gasteiger partial charge on any atom is -0.496 e. The minimum atomic E-state index is -4.79. The Balaban J connectivity index is 1.98. The van der Waals surface area contributed by atoms with E-state index in [0.717, 1.165) is 18.2 Å². The van der Waals surface area contributed by atoms with E-state index in [1.165, 1.54) is 13.2 Å². The summed E-state index contributed by atoms with van der Waals surface area (Å²) in [5.41, 5.74) is -1.26. The molecule has 5 nitrogen and oxygen atoms in total. The lowest BCUT2D eigenvalue weighted by molar-refractivity contribution is -0.139. The molecule has 0 aliphatic carbocycles. The first-order valence-electron chi connectivity index (χ1n) is 9.17. The summed E-state index contributed by atoms with van der Waals surface area (Å²) >= 11 is 6.16. The van der Waals surface area contributed by atoms with Crippen LogP contribution in [0.25, 0.3) is 0 Å². The second kappa shape index (κ2) is 8.74. The highest BCUT2D eigenvalue weighted by molar-refractivity contribution is 7.89. The number of nitrogens with one attached hydrogen (secondary N) is 1. The smallest absolute Gasteiger partial charge is 0.417 e. The molecule has 1 aliphatic rings. The highest BCUT2D eigenvalue weighted by Gasteiger charge is 2.40. The van der Waals surface area contributed by atoms with Gasteiger partial charge in [-0.25, -0.2) is 13.1 Å². The fourth-order valence-electron chi connectivity index (χ4n) is 3.64. The number of rotatable bonds is 6. The summed E-state index contributed by atoms with van der Waals surface area (Å²) in [4.78, 5) is -0.808. The second-order valence-corrected chi connectivity index (χ2v) is 9.23. The SMILES string of the molecule is COc1ccc(Cl)cc1C1(CNS(=O)(=O)c2ccccc2C(F)(F)F)CCOCC1. The molecule has 0 saturated carbocycles. The Bertz CT molecular complexity index is 1010. The van der Waals surface area contributed by atoms with E-state index in [1.807, 2.05) is 0 Å². The van der Waals surface area contributed by atoms with Crippen LogP contribution in [0.4, 0.5) is 13.2 Å². The average molecular weight is 464 g/mol. The Labute approximate surface area is 178 Å². The maximum absolute atomic E-state index is 13.3. The van der Waals surface area contributed by atoms with E-state index >= 15 is 0 Å². The lowest BCUT2D eigenvalue weighted by Crippen LogP contribution is -2.45. The number of hydrogen-bond acceptors (Lipinski definition) is 4. The lowest BCUT2D eigenvalue weighted by atomic mass is 9.74. The first kappa shape index (κ1) is 22.9. The van der Waals surface area contributed by atoms with Gasteiger partial charge in [0.1, 0.15) is 5.75 Å². The molecule has 0 unspecified atom stereocenters. The summed E-state index contributed by atoms with van der Waals surface area (Å²) < 4.78 is 78.9. The van der Waals surface area contributed by atoms with Crippen LogP contribution in [0.15, 0.2) is 47.4 Å². The monoisotopic (exact) mass is 463 g/mol. The van der Waals surface area contributed by atoms with Crippen LogP contribution in [0, 0.1) is 0 Å². The standard InChI is InChI=1S/C20H21ClF3NO4S/c1-28-17-7-6-14(21)12-16(17)19(8-10-29-11-9-19)13-25-30(26,27)18-5-3-2-4-15(18)20(22,23)24/h2-7,12,25H,8-11,13H2,1H3. The van der Waals surface area contributed by atoms with Crippen molar-refractivity contribution in [2.75, 3.05) is 26.9 Å². The van der Waals surface area contributed by atoms with Crippen LogP contribution in [0.5, 0.6) is 5.75 Å². The van der Waals surface area contributed by atoms with E-state index in [2.05, 4.69) is 4.72 Å². The van der Waals surface area contributed by atoms with Crippen molar-refractivity contribution >= 4 is 21.6 Å². The van der Waals surface area contributed by atoms with Crippen molar-refractivity contribution in [2.24, 2.45) is 0 Å². The van der Waals surface area contributed by atoms with Gasteiger partial charge in [-0.05, 0) is 43.2 Å². The Morgan fingerprint density at radius 2 is 1.83 bits per heavy atom. The molecule has 0 amide bonds. The normalized spacial score (nSPS) is 17.0. The minimum absolute atomic E-state index is 0.123. The van der Waals surface area contributed by atoms with Gasteiger partial charge in [0.25, 0.3) is 0 Å². The summed E-state index contributed by atoms with van der Waals surface area (Å²) in [6, 6.07) is 9.14. The summed E-state index contributed by atoms with van der Waals surface area (Å²) in [5, 5.41) is 0.446. The third kappa shape index (κ3) is 4.74.